The molecule has 4 rings (SSSR count). The second-order valence-electron chi connectivity index (χ2n) is 13.9. The summed E-state index contributed by atoms with van der Waals surface area (Å²) in [5.74, 6) is -5.85. The van der Waals surface area contributed by atoms with Gasteiger partial charge in [0.25, 0.3) is 0 Å². The molecule has 0 spiro atoms. The molecule has 2 fully saturated rings. The molecule has 3 N–H and O–H groups in total. The molecule has 1 aromatic rings. The fourth-order valence-corrected chi connectivity index (χ4v) is 8.52. The molecule has 2 saturated carbocycles. The summed E-state index contributed by atoms with van der Waals surface area (Å²) in [7, 11) is 0. The first-order valence-electron chi connectivity index (χ1n) is 16.0. The van der Waals surface area contributed by atoms with Crippen molar-refractivity contribution in [2.45, 2.75) is 110 Å². The van der Waals surface area contributed by atoms with Crippen LogP contribution in [0.1, 0.15) is 78.6 Å². The second kappa shape index (κ2) is 13.6. The quantitative estimate of drug-likeness (QED) is 0.207. The second-order valence-corrected chi connectivity index (χ2v) is 13.9. The topological polar surface area (TPSA) is 192 Å². The van der Waals surface area contributed by atoms with Crippen LogP contribution in [0.15, 0.2) is 41.5 Å². The van der Waals surface area contributed by atoms with Crippen molar-refractivity contribution in [2.75, 3.05) is 6.61 Å². The number of ether oxygens (including phenoxy) is 5. The first-order chi connectivity index (χ1) is 22.3. The summed E-state index contributed by atoms with van der Waals surface area (Å²) < 4.78 is 28.9. The average Bonchev–Trinajstić information content (AvgIpc) is 3.25. The molecule has 13 heteroatoms. The summed E-state index contributed by atoms with van der Waals surface area (Å²) in [6.45, 7) is 10.4. The average molecular weight is 675 g/mol. The van der Waals surface area contributed by atoms with E-state index in [-0.39, 0.29) is 30.6 Å². The lowest BCUT2D eigenvalue weighted by atomic mass is 9.52. The molecule has 0 aromatic heterocycles. The Bertz CT molecular complexity index is 1460. The lowest BCUT2D eigenvalue weighted by Crippen LogP contribution is -2.66. The molecule has 3 aliphatic carbocycles. The molecule has 0 heterocycles. The van der Waals surface area contributed by atoms with Crippen LogP contribution in [0, 0.1) is 22.7 Å². The Balaban J connectivity index is 2.09. The molecule has 1 aromatic carbocycles. The standard InChI is InChI=1S/C35H46O13/c1-17-25(46-20(4)38)15-35(33(6,7)43)27(17)29(40)31(48-32(42)22-12-10-9-11-13-22)34(8)26(47-21(5)39)14-24(45-19(3)37)23(16-44-18(2)36)28(34)30(35)41/h9-13,23-26,28-31,40-41,43H,14-16H2,1-8H3/t23-,24+,25+,26+,28+,29-,30+,31+,34-,35+/m1/s1. The monoisotopic (exact) mass is 674 g/mol. The van der Waals surface area contributed by atoms with Crippen molar-refractivity contribution in [1.82, 2.24) is 0 Å². The third-order valence-corrected chi connectivity index (χ3v) is 10.5. The summed E-state index contributed by atoms with van der Waals surface area (Å²) in [5.41, 5.74) is -4.71. The first-order valence-corrected chi connectivity index (χ1v) is 16.0. The Hall–Kier alpha value is -3.81. The number of fused-ring (bicyclic) bond motifs is 2. The Morgan fingerprint density at radius 2 is 1.46 bits per heavy atom. The van der Waals surface area contributed by atoms with Crippen LogP contribution in [0.4, 0.5) is 0 Å². The summed E-state index contributed by atoms with van der Waals surface area (Å²) in [5, 5.41) is 37.5. The lowest BCUT2D eigenvalue weighted by molar-refractivity contribution is -0.239. The molecular weight excluding hydrogens is 628 g/mol. The van der Waals surface area contributed by atoms with E-state index >= 15 is 0 Å². The van der Waals surface area contributed by atoms with Gasteiger partial charge in [0.1, 0.15) is 30.5 Å². The maximum atomic E-state index is 13.8. The summed E-state index contributed by atoms with van der Waals surface area (Å²) >= 11 is 0. The van der Waals surface area contributed by atoms with Crippen molar-refractivity contribution >= 4 is 29.8 Å². The number of aliphatic hydroxyl groups excluding tert-OH is 2. The van der Waals surface area contributed by atoms with E-state index in [1.54, 1.807) is 32.0 Å². The number of hydrogen-bond acceptors (Lipinski definition) is 13. The predicted molar refractivity (Wildman–Crippen MR) is 167 cm³/mol. The van der Waals surface area contributed by atoms with Gasteiger partial charge >= 0.3 is 29.8 Å². The molecule has 0 aliphatic heterocycles. The van der Waals surface area contributed by atoms with Gasteiger partial charge in [-0.3, -0.25) is 19.2 Å². The van der Waals surface area contributed by atoms with E-state index in [4.69, 9.17) is 23.7 Å². The van der Waals surface area contributed by atoms with Gasteiger partial charge in [0.15, 0.2) is 0 Å². The van der Waals surface area contributed by atoms with E-state index in [2.05, 4.69) is 0 Å². The van der Waals surface area contributed by atoms with Gasteiger partial charge in [0.05, 0.1) is 34.7 Å². The highest BCUT2D eigenvalue weighted by molar-refractivity contribution is 5.89. The molecule has 0 unspecified atom stereocenters. The van der Waals surface area contributed by atoms with Gasteiger partial charge in [-0.2, -0.15) is 0 Å². The van der Waals surface area contributed by atoms with Crippen molar-refractivity contribution in [3.8, 4) is 0 Å². The normalized spacial score (nSPS) is 34.6. The number of hydrogen-bond donors (Lipinski definition) is 3. The Morgan fingerprint density at radius 1 is 0.875 bits per heavy atom. The fraction of sp³-hybridized carbons (Fsp3) is 0.629. The third kappa shape index (κ3) is 6.47. The van der Waals surface area contributed by atoms with Crippen LogP contribution in [0.3, 0.4) is 0 Å². The Morgan fingerprint density at radius 3 is 1.98 bits per heavy atom. The number of esters is 5. The number of rotatable bonds is 8. The fourth-order valence-electron chi connectivity index (χ4n) is 8.52. The minimum Gasteiger partial charge on any atom is -0.465 e. The van der Waals surface area contributed by atoms with Gasteiger partial charge in [-0.1, -0.05) is 25.1 Å². The molecule has 3 aliphatic rings. The number of carbonyl (C=O) groups is 5. The van der Waals surface area contributed by atoms with Crippen molar-refractivity contribution < 1.29 is 63.0 Å². The van der Waals surface area contributed by atoms with Crippen molar-refractivity contribution in [3.05, 3.63) is 47.0 Å². The van der Waals surface area contributed by atoms with Crippen LogP contribution in [-0.4, -0.2) is 94.0 Å². The number of carbonyl (C=O) groups excluding carboxylic acids is 5. The molecule has 0 radical (unpaired) electrons. The van der Waals surface area contributed by atoms with Crippen LogP contribution in [0.5, 0.6) is 0 Å². The van der Waals surface area contributed by atoms with Crippen LogP contribution < -0.4 is 0 Å². The minimum atomic E-state index is -1.84. The summed E-state index contributed by atoms with van der Waals surface area (Å²) in [6.07, 6.45) is -8.67. The highest BCUT2D eigenvalue weighted by Gasteiger charge is 2.73. The Labute approximate surface area is 279 Å². The van der Waals surface area contributed by atoms with Crippen LogP contribution in [0.25, 0.3) is 0 Å². The van der Waals surface area contributed by atoms with E-state index in [0.29, 0.717) is 5.57 Å². The van der Waals surface area contributed by atoms with Crippen molar-refractivity contribution in [1.29, 1.82) is 0 Å². The predicted octanol–water partition coefficient (Wildman–Crippen LogP) is 2.43. The largest absolute Gasteiger partial charge is 0.465 e. The van der Waals surface area contributed by atoms with Crippen LogP contribution >= 0.6 is 0 Å². The smallest absolute Gasteiger partial charge is 0.338 e. The highest BCUT2D eigenvalue weighted by Crippen LogP contribution is 2.65. The van der Waals surface area contributed by atoms with Crippen molar-refractivity contribution in [2.24, 2.45) is 22.7 Å². The molecule has 13 nitrogen and oxygen atoms in total. The van der Waals surface area contributed by atoms with E-state index in [1.165, 1.54) is 53.7 Å². The van der Waals surface area contributed by atoms with E-state index in [9.17, 15) is 39.3 Å². The van der Waals surface area contributed by atoms with E-state index in [0.717, 1.165) is 0 Å². The van der Waals surface area contributed by atoms with E-state index in [1.807, 2.05) is 0 Å². The zero-order valence-electron chi connectivity index (χ0n) is 28.6. The van der Waals surface area contributed by atoms with Crippen LogP contribution in [0.2, 0.25) is 0 Å². The van der Waals surface area contributed by atoms with Crippen molar-refractivity contribution in [3.63, 3.8) is 0 Å². The van der Waals surface area contributed by atoms with Gasteiger partial charge in [-0.25, -0.2) is 4.79 Å². The van der Waals surface area contributed by atoms with E-state index < -0.39 is 94.7 Å². The summed E-state index contributed by atoms with van der Waals surface area (Å²) in [4.78, 5) is 63.2. The van der Waals surface area contributed by atoms with Gasteiger partial charge in [-0.05, 0) is 44.1 Å². The number of aliphatic hydroxyl groups is 3. The van der Waals surface area contributed by atoms with Gasteiger partial charge in [0.2, 0.25) is 0 Å². The summed E-state index contributed by atoms with van der Waals surface area (Å²) in [6, 6.07) is 7.99. The third-order valence-electron chi connectivity index (χ3n) is 10.5. The minimum absolute atomic E-state index is 0.0899. The van der Waals surface area contributed by atoms with Gasteiger partial charge in [-0.15, -0.1) is 0 Å². The zero-order chi connectivity index (χ0) is 35.9. The highest BCUT2D eigenvalue weighted by atomic mass is 16.6. The lowest BCUT2D eigenvalue weighted by Gasteiger charge is -2.57. The number of benzene rings is 1. The maximum absolute atomic E-state index is 13.8. The molecule has 0 amide bonds. The molecule has 48 heavy (non-hydrogen) atoms. The molecule has 264 valence electrons. The van der Waals surface area contributed by atoms with Gasteiger partial charge < -0.3 is 39.0 Å². The molecule has 0 saturated heterocycles. The zero-order valence-corrected chi connectivity index (χ0v) is 28.6. The molecule has 10 atom stereocenters. The molecule has 0 bridgehead atoms. The van der Waals surface area contributed by atoms with Gasteiger partial charge in [0, 0.05) is 52.4 Å². The first kappa shape index (κ1) is 37.0. The SMILES string of the molecule is CC(=O)OC[C@H]1[C@H]2[C@H](O)[C@]3(C(C)(C)O)C[C@H](OC(C)=O)C(C)=C3[C@@H](O)[C@H](OC(=O)c3ccccc3)[C@]2(C)[C@@H](OC(C)=O)C[C@@H]1OC(C)=O. The van der Waals surface area contributed by atoms with Crippen LogP contribution in [-0.2, 0) is 42.9 Å². The maximum Gasteiger partial charge on any atom is 0.338 e. The Kier molecular flexibility index (Phi) is 10.5. The molecular formula is C35H46O13.